The van der Waals surface area contributed by atoms with Gasteiger partial charge in [-0.3, -0.25) is 0 Å². The largest absolute Gasteiger partial charge is 2.00 e. The van der Waals surface area contributed by atoms with E-state index in [1.54, 1.807) is 0 Å². The number of carbonyl (C=O) groups is 4. The van der Waals surface area contributed by atoms with Gasteiger partial charge in [-0.25, -0.2) is 0 Å². The van der Waals surface area contributed by atoms with Crippen LogP contribution in [0.2, 0.25) is 0 Å². The molecule has 200 valence electrons. The Balaban J connectivity index is -0.00000000461. The van der Waals surface area contributed by atoms with E-state index in [4.69, 9.17) is 0 Å². The summed E-state index contributed by atoms with van der Waals surface area (Å²) in [6.45, 7) is 0. The number of hydrogen-bond acceptors (Lipinski definition) is 8. The van der Waals surface area contributed by atoms with Crippen LogP contribution in [0, 0.1) is 0 Å². The predicted molar refractivity (Wildman–Crippen MR) is 98.9 cm³/mol. The van der Waals surface area contributed by atoms with Crippen molar-refractivity contribution in [1.29, 1.82) is 0 Å². The van der Waals surface area contributed by atoms with Crippen LogP contribution in [-0.4, -0.2) is 159 Å². The average Bonchev–Trinajstić information content (AvgIpc) is 2.12. The van der Waals surface area contributed by atoms with E-state index in [0.29, 0.717) is 24.3 Å². The fraction of sp³-hybridized carbons (Fsp3) is 0. The van der Waals surface area contributed by atoms with Gasteiger partial charge in [-0.1, -0.05) is 0 Å². The average molecular weight is 588 g/mol. The molecule has 0 unspecified atom stereocenters. The molecule has 33 heavy (non-hydrogen) atoms. The van der Waals surface area contributed by atoms with Crippen LogP contribution in [0.5, 0.6) is 0 Å². The molecule has 0 aromatic rings. The van der Waals surface area contributed by atoms with Gasteiger partial charge in [0.15, 0.2) is 0 Å². The summed E-state index contributed by atoms with van der Waals surface area (Å²) in [5, 5.41) is 37.7. The maximum atomic E-state index is 9.41. The molecule has 0 aromatic carbocycles. The summed E-state index contributed by atoms with van der Waals surface area (Å²) in [5.74, 6) is -6.19. The maximum Gasteiger partial charge on any atom is 2.00 e. The second-order valence-corrected chi connectivity index (χ2v) is 1.94. The molecule has 20 nitrogen and oxygen atoms in total. The van der Waals surface area contributed by atoms with Crippen molar-refractivity contribution in [2.45, 2.75) is 0 Å². The van der Waals surface area contributed by atoms with E-state index in [9.17, 15) is 39.6 Å². The minimum Gasteiger partial charge on any atom is -1.00 e. The predicted octanol–water partition coefficient (Wildman–Crippen LogP) is -22.9. The van der Waals surface area contributed by atoms with E-state index in [2.05, 4.69) is 0 Å². The zero-order valence-electron chi connectivity index (χ0n) is 16.5. The number of hydrogen-bond donors (Lipinski definition) is 0. The Bertz CT molecular complexity index is 305. The normalized spacial score (nSPS) is 4.61. The Hall–Kier alpha value is -0.241. The van der Waals surface area contributed by atoms with Gasteiger partial charge in [0, 0.05) is 0 Å². The van der Waals surface area contributed by atoms with Crippen LogP contribution in [0.3, 0.4) is 0 Å². The summed E-state index contributed by atoms with van der Waals surface area (Å²) in [4.78, 5) is 37.7. The van der Waals surface area contributed by atoms with Crippen LogP contribution in [0.1, 0.15) is 0 Å². The molecule has 0 aliphatic rings. The standard InChI is InChI=1S/2C4H4O4.2ClH.3Mg.12H2O/c2*5-3(6)1-2-4(7)8;;;;;;;;;;;;;;;;;/h2*1-2H,(H,5,6)(H,7,8);2*1H;;;;12*1H2/q;;;;3*+2;;;;;;;;;;;;/p-6/b2*2-1-;;;;;;;;;;;;;;;;;. The van der Waals surface area contributed by atoms with E-state index in [0.717, 1.165) is 0 Å². The fourth-order valence-electron chi connectivity index (χ4n) is 0.272. The summed E-state index contributed by atoms with van der Waals surface area (Å²) in [6, 6.07) is 0. The Kier molecular flexibility index (Phi) is 640. The van der Waals surface area contributed by atoms with Gasteiger partial charge in [0.1, 0.15) is 0 Å². The third kappa shape index (κ3) is 295. The van der Waals surface area contributed by atoms with Crippen molar-refractivity contribution in [3.63, 3.8) is 0 Å². The smallest absolute Gasteiger partial charge is 1.00 e. The van der Waals surface area contributed by atoms with E-state index in [1.165, 1.54) is 0 Å². The van der Waals surface area contributed by atoms with Crippen LogP contribution >= 0.6 is 0 Å². The van der Waals surface area contributed by atoms with Crippen molar-refractivity contribution in [2.75, 3.05) is 0 Å². The maximum absolute atomic E-state index is 9.41. The molecule has 0 heterocycles. The molecule has 0 saturated heterocycles. The molecule has 0 amide bonds. The topological polar surface area (TPSA) is 539 Å². The van der Waals surface area contributed by atoms with Crippen LogP contribution in [-0.2, 0) is 19.2 Å². The van der Waals surface area contributed by atoms with Gasteiger partial charge >= 0.3 is 69.2 Å². The second-order valence-electron chi connectivity index (χ2n) is 1.94. The Labute approximate surface area is 246 Å². The van der Waals surface area contributed by atoms with Gasteiger partial charge < -0.3 is 130 Å². The van der Waals surface area contributed by atoms with E-state index in [-0.39, 0.29) is 160 Å². The molecule has 0 bridgehead atoms. The molecule has 25 heteroatoms. The number of halogens is 2. The molecule has 0 rings (SSSR count). The van der Waals surface area contributed by atoms with E-state index < -0.39 is 23.9 Å². The van der Waals surface area contributed by atoms with Gasteiger partial charge in [0.25, 0.3) is 0 Å². The summed E-state index contributed by atoms with van der Waals surface area (Å²) in [5.41, 5.74) is 0. The number of carbonyl (C=O) groups excluding carboxylic acids is 4. The zero-order valence-corrected chi connectivity index (χ0v) is 22.2. The first kappa shape index (κ1) is 175. The monoisotopic (exact) mass is 586 g/mol. The summed E-state index contributed by atoms with van der Waals surface area (Å²) in [7, 11) is 0. The van der Waals surface area contributed by atoms with Crippen LogP contribution in [0.15, 0.2) is 24.3 Å². The van der Waals surface area contributed by atoms with Gasteiger partial charge in [-0.05, 0) is 24.3 Å². The number of carboxylic acids is 4. The van der Waals surface area contributed by atoms with Crippen molar-refractivity contribution in [3.05, 3.63) is 24.3 Å². The SMILES string of the molecule is O.O.O.O.O.O.O.O.O.O.O.O.O=C([O-])/C=C\C(=O)[O-].O=C([O-])/C=C\C(=O)[O-].[Cl-].[Cl-].[Mg+2].[Mg+2].[Mg+2]. The molecular weight excluding hydrogens is 560 g/mol. The van der Waals surface area contributed by atoms with Crippen LogP contribution < -0.4 is 45.2 Å². The van der Waals surface area contributed by atoms with Gasteiger partial charge in [0.05, 0.1) is 23.9 Å². The number of aliphatic carboxylic acids is 4. The number of carboxylic acid groups (broad SMARTS) is 4. The molecule has 0 atom stereocenters. The fourth-order valence-corrected chi connectivity index (χ4v) is 0.272. The third-order valence-corrected chi connectivity index (χ3v) is 0.711. The van der Waals surface area contributed by atoms with Crippen molar-refractivity contribution in [2.24, 2.45) is 0 Å². The minimum absolute atomic E-state index is 0. The zero-order chi connectivity index (χ0) is 13.1. The van der Waals surface area contributed by atoms with Crippen molar-refractivity contribution >= 4 is 93.0 Å². The molecule has 0 saturated carbocycles. The quantitative estimate of drug-likeness (QED) is 0.223. The van der Waals surface area contributed by atoms with Crippen molar-refractivity contribution < 1.29 is 130 Å². The molecule has 0 aromatic heterocycles. The Morgan fingerprint density at radius 3 is 0.424 bits per heavy atom. The summed E-state index contributed by atoms with van der Waals surface area (Å²) < 4.78 is 0. The first-order valence-corrected chi connectivity index (χ1v) is 3.45. The van der Waals surface area contributed by atoms with Crippen LogP contribution in [0.25, 0.3) is 0 Å². The molecule has 0 spiro atoms. The molecule has 0 fully saturated rings. The molecule has 24 N–H and O–H groups in total. The summed E-state index contributed by atoms with van der Waals surface area (Å²) >= 11 is 0. The second kappa shape index (κ2) is 121. The number of rotatable bonds is 4. The van der Waals surface area contributed by atoms with Crippen molar-refractivity contribution in [1.82, 2.24) is 0 Å². The minimum atomic E-state index is -1.55. The van der Waals surface area contributed by atoms with Crippen molar-refractivity contribution in [3.8, 4) is 0 Å². The van der Waals surface area contributed by atoms with E-state index in [1.807, 2.05) is 0 Å². The Morgan fingerprint density at radius 1 is 0.333 bits per heavy atom. The first-order chi connectivity index (χ1) is 7.25. The molecule has 0 aliphatic carbocycles. The van der Waals surface area contributed by atoms with Crippen LogP contribution in [0.4, 0.5) is 0 Å². The summed E-state index contributed by atoms with van der Waals surface area (Å²) in [6.07, 6.45) is 1.54. The van der Waals surface area contributed by atoms with Gasteiger partial charge in [-0.15, -0.1) is 0 Å². The first-order valence-electron chi connectivity index (χ1n) is 3.45. The van der Waals surface area contributed by atoms with Gasteiger partial charge in [-0.2, -0.15) is 0 Å². The molecule has 0 radical (unpaired) electrons. The Morgan fingerprint density at radius 2 is 0.394 bits per heavy atom. The van der Waals surface area contributed by atoms with Gasteiger partial charge in [0.2, 0.25) is 0 Å². The molecule has 0 aliphatic heterocycles. The third-order valence-electron chi connectivity index (χ3n) is 0.711. The molecular formula is C8H28Cl2Mg3O20. The van der Waals surface area contributed by atoms with E-state index >= 15 is 0 Å².